The van der Waals surface area contributed by atoms with Crippen LogP contribution >= 0.6 is 22.6 Å². The molecule has 7 fully saturated rings. The maximum atomic E-state index is 14.9. The number of fused-ring (bicyclic) bond motifs is 4. The number of hydrogen-bond donors (Lipinski definition) is 2. The Balaban J connectivity index is 1.19. The first-order valence-electron chi connectivity index (χ1n) is 15.3. The second-order valence-electron chi connectivity index (χ2n) is 12.9. The summed E-state index contributed by atoms with van der Waals surface area (Å²) in [6.07, 6.45) is 3.12. The van der Waals surface area contributed by atoms with E-state index in [2.05, 4.69) is 27.9 Å². The van der Waals surface area contributed by atoms with Crippen LogP contribution in [-0.4, -0.2) is 94.8 Å². The standard InChI is InChI=1S/C30H36IN3O8/c31-19-5-2-1-4-16(19)15-34-24-27(37)39-21-14-29(24,28(38)33-12-3-6-20(33)26(36)32-11-13-35)25(42-34)23-22(21)40-30(41-23,17-7-8-17)18-9-10-18/h1-2,4-5,17-18,20-25,35H,3,6-15H2,(H,32,36)/t20-,21-,22+,23+,24+,25-,29+/m1/s1. The molecule has 4 saturated heterocycles. The molecule has 7 aliphatic rings. The van der Waals surface area contributed by atoms with Crippen LogP contribution in [0.3, 0.4) is 0 Å². The maximum absolute atomic E-state index is 14.9. The van der Waals surface area contributed by atoms with Gasteiger partial charge in [-0.2, -0.15) is 5.06 Å². The van der Waals surface area contributed by atoms with Crippen molar-refractivity contribution in [1.82, 2.24) is 15.3 Å². The van der Waals surface area contributed by atoms with E-state index in [9.17, 15) is 19.5 Å². The van der Waals surface area contributed by atoms with Crippen LogP contribution in [-0.2, 0) is 40.0 Å². The molecule has 3 saturated carbocycles. The summed E-state index contributed by atoms with van der Waals surface area (Å²) in [4.78, 5) is 50.3. The molecule has 12 heteroatoms. The Morgan fingerprint density at radius 3 is 2.52 bits per heavy atom. The Morgan fingerprint density at radius 2 is 1.81 bits per heavy atom. The van der Waals surface area contributed by atoms with E-state index in [1.165, 1.54) is 0 Å². The number of halogens is 1. The average Bonchev–Trinajstić information content (AvgIpc) is 3.90. The van der Waals surface area contributed by atoms with Gasteiger partial charge in [-0.3, -0.25) is 19.2 Å². The van der Waals surface area contributed by atoms with E-state index >= 15 is 0 Å². The summed E-state index contributed by atoms with van der Waals surface area (Å²) in [5.74, 6) is -1.16. The van der Waals surface area contributed by atoms with Crippen LogP contribution in [0.1, 0.15) is 50.5 Å². The molecule has 11 nitrogen and oxygen atoms in total. The largest absolute Gasteiger partial charge is 0.458 e. The molecule has 2 bridgehead atoms. The first-order chi connectivity index (χ1) is 20.4. The lowest BCUT2D eigenvalue weighted by Gasteiger charge is -2.50. The number of benzene rings is 1. The van der Waals surface area contributed by atoms with E-state index in [1.807, 2.05) is 24.3 Å². The van der Waals surface area contributed by atoms with Gasteiger partial charge in [0.05, 0.1) is 13.2 Å². The van der Waals surface area contributed by atoms with Crippen molar-refractivity contribution in [2.24, 2.45) is 17.3 Å². The number of likely N-dealkylation sites (tertiary alicyclic amines) is 1. The van der Waals surface area contributed by atoms with Gasteiger partial charge in [0, 0.05) is 34.9 Å². The first kappa shape index (κ1) is 27.7. The van der Waals surface area contributed by atoms with Crippen molar-refractivity contribution in [2.45, 2.75) is 93.8 Å². The van der Waals surface area contributed by atoms with E-state index in [0.29, 0.717) is 37.8 Å². The van der Waals surface area contributed by atoms with Gasteiger partial charge in [-0.05, 0) is 72.7 Å². The molecule has 4 aliphatic heterocycles. The molecule has 2 N–H and O–H groups in total. The van der Waals surface area contributed by atoms with Gasteiger partial charge in [-0.1, -0.05) is 18.2 Å². The Morgan fingerprint density at radius 1 is 1.07 bits per heavy atom. The summed E-state index contributed by atoms with van der Waals surface area (Å²) in [6, 6.07) is 6.24. The maximum Gasteiger partial charge on any atom is 0.327 e. The molecule has 8 rings (SSSR count). The number of carbonyl (C=O) groups is 3. The van der Waals surface area contributed by atoms with Gasteiger partial charge >= 0.3 is 5.97 Å². The van der Waals surface area contributed by atoms with E-state index in [4.69, 9.17) is 19.0 Å². The molecule has 0 aromatic heterocycles. The highest BCUT2D eigenvalue weighted by atomic mass is 127. The molecule has 0 unspecified atom stereocenters. The number of amides is 2. The fraction of sp³-hybridized carbons (Fsp3) is 0.700. The smallest absolute Gasteiger partial charge is 0.327 e. The fourth-order valence-electron chi connectivity index (χ4n) is 8.29. The summed E-state index contributed by atoms with van der Waals surface area (Å²) in [6.45, 7) is 0.643. The normalized spacial score (nSPS) is 38.3. The van der Waals surface area contributed by atoms with Gasteiger partial charge in [0.2, 0.25) is 11.8 Å². The van der Waals surface area contributed by atoms with Crippen LogP contribution < -0.4 is 5.32 Å². The molecule has 1 aromatic carbocycles. The topological polar surface area (TPSA) is 127 Å². The monoisotopic (exact) mass is 693 g/mol. The summed E-state index contributed by atoms with van der Waals surface area (Å²) in [5, 5.41) is 13.6. The minimum Gasteiger partial charge on any atom is -0.458 e. The van der Waals surface area contributed by atoms with Gasteiger partial charge in [0.25, 0.3) is 0 Å². The van der Waals surface area contributed by atoms with Crippen molar-refractivity contribution in [3.8, 4) is 0 Å². The zero-order valence-electron chi connectivity index (χ0n) is 23.3. The Labute approximate surface area is 257 Å². The number of carbonyl (C=O) groups excluding carboxylic acids is 3. The summed E-state index contributed by atoms with van der Waals surface area (Å²) < 4.78 is 20.9. The van der Waals surface area contributed by atoms with Crippen molar-refractivity contribution in [2.75, 3.05) is 19.7 Å². The van der Waals surface area contributed by atoms with Crippen LogP contribution in [0.4, 0.5) is 0 Å². The predicted octanol–water partition coefficient (Wildman–Crippen LogP) is 1.49. The van der Waals surface area contributed by atoms with Gasteiger partial charge < -0.3 is 29.5 Å². The quantitative estimate of drug-likeness (QED) is 0.308. The van der Waals surface area contributed by atoms with Crippen LogP contribution in [0, 0.1) is 20.8 Å². The minimum atomic E-state index is -1.28. The molecule has 4 heterocycles. The Kier molecular flexibility index (Phi) is 6.66. The second kappa shape index (κ2) is 10.1. The number of aliphatic hydroxyl groups excluding tert-OH is 1. The van der Waals surface area contributed by atoms with Crippen molar-refractivity contribution in [1.29, 1.82) is 0 Å². The average molecular weight is 694 g/mol. The minimum absolute atomic E-state index is 0.119. The summed E-state index contributed by atoms with van der Waals surface area (Å²) >= 11 is 2.27. The zero-order chi connectivity index (χ0) is 28.8. The third-order valence-electron chi connectivity index (χ3n) is 10.4. The van der Waals surface area contributed by atoms with Gasteiger partial charge in [-0.15, -0.1) is 0 Å². The van der Waals surface area contributed by atoms with Gasteiger partial charge in [-0.25, -0.2) is 0 Å². The summed E-state index contributed by atoms with van der Waals surface area (Å²) in [7, 11) is 0. The number of hydrogen-bond acceptors (Lipinski definition) is 9. The third kappa shape index (κ3) is 4.04. The van der Waals surface area contributed by atoms with Gasteiger partial charge in [0.1, 0.15) is 35.9 Å². The molecule has 226 valence electrons. The number of rotatable bonds is 8. The molecule has 0 radical (unpaired) electrons. The molecule has 7 atom stereocenters. The van der Waals surface area contributed by atoms with Crippen LogP contribution in [0.5, 0.6) is 0 Å². The van der Waals surface area contributed by atoms with Crippen molar-refractivity contribution >= 4 is 40.4 Å². The number of aliphatic hydroxyl groups is 1. The number of nitrogens with one attached hydrogen (secondary N) is 1. The molecule has 0 spiro atoms. The second-order valence-corrected chi connectivity index (χ2v) is 14.1. The number of ether oxygens (including phenoxy) is 3. The predicted molar refractivity (Wildman–Crippen MR) is 153 cm³/mol. The van der Waals surface area contributed by atoms with Crippen LogP contribution in [0.2, 0.25) is 0 Å². The molecule has 3 aliphatic carbocycles. The van der Waals surface area contributed by atoms with Crippen LogP contribution in [0.15, 0.2) is 24.3 Å². The van der Waals surface area contributed by atoms with E-state index in [-0.39, 0.29) is 31.4 Å². The molecular weight excluding hydrogens is 657 g/mol. The van der Waals surface area contributed by atoms with E-state index in [1.54, 1.807) is 9.96 Å². The Hall–Kier alpha value is -1.84. The number of hydroxylamine groups is 2. The van der Waals surface area contributed by atoms with Crippen molar-refractivity contribution in [3.63, 3.8) is 0 Å². The SMILES string of the molecule is O=C(NCCO)[C@H]1CCCN1C(=O)[C@@]12C[C@H]3OC(=O)[C@@H]1N(Cc1ccccc1I)O[C@@H]2[C@H]1OC(C2CC2)(C2CC2)O[C@H]13. The fourth-order valence-corrected chi connectivity index (χ4v) is 8.85. The lowest BCUT2D eigenvalue weighted by molar-refractivity contribution is -0.235. The van der Waals surface area contributed by atoms with Crippen molar-refractivity contribution < 1.29 is 38.5 Å². The summed E-state index contributed by atoms with van der Waals surface area (Å²) in [5.41, 5.74) is -0.310. The molecular formula is C30H36IN3O8. The molecule has 42 heavy (non-hydrogen) atoms. The first-order valence-corrected chi connectivity index (χ1v) is 16.4. The van der Waals surface area contributed by atoms with E-state index in [0.717, 1.165) is 34.8 Å². The van der Waals surface area contributed by atoms with E-state index < -0.39 is 53.7 Å². The lowest BCUT2D eigenvalue weighted by Crippen LogP contribution is -2.70. The van der Waals surface area contributed by atoms with Crippen LogP contribution in [0.25, 0.3) is 0 Å². The highest BCUT2D eigenvalue weighted by Crippen LogP contribution is 2.64. The van der Waals surface area contributed by atoms with Gasteiger partial charge in [0.15, 0.2) is 11.8 Å². The Bertz CT molecular complexity index is 1290. The number of nitrogens with zero attached hydrogens (tertiary/aromatic N) is 2. The highest BCUT2D eigenvalue weighted by Gasteiger charge is 2.78. The lowest BCUT2D eigenvalue weighted by atomic mass is 9.62. The molecule has 2 amide bonds. The van der Waals surface area contributed by atoms with Crippen molar-refractivity contribution in [3.05, 3.63) is 33.4 Å². The highest BCUT2D eigenvalue weighted by molar-refractivity contribution is 14.1. The molecule has 1 aromatic rings. The number of esters is 1. The zero-order valence-corrected chi connectivity index (χ0v) is 25.4. The third-order valence-corrected chi connectivity index (χ3v) is 11.4.